The number of rotatable bonds is 1. The zero-order chi connectivity index (χ0) is 16.8. The number of anilines is 1. The van der Waals surface area contributed by atoms with Gasteiger partial charge in [0.05, 0.1) is 16.6 Å². The molecular weight excluding hydrogens is 324 g/mol. The lowest BCUT2D eigenvalue weighted by molar-refractivity contribution is -0.142. The fourth-order valence-corrected chi connectivity index (χ4v) is 2.74. The highest BCUT2D eigenvalue weighted by Gasteiger charge is 2.39. The van der Waals surface area contributed by atoms with E-state index in [-0.39, 0.29) is 17.5 Å². The number of H-pyrrole nitrogens is 1. The second-order valence-electron chi connectivity index (χ2n) is 5.52. The number of aromatic nitrogens is 2. The first-order valence-electron chi connectivity index (χ1n) is 7.09. The summed E-state index contributed by atoms with van der Waals surface area (Å²) in [6, 6.07) is 0.786. The van der Waals surface area contributed by atoms with Gasteiger partial charge in [0.25, 0.3) is 0 Å². The minimum Gasteiger partial charge on any atom is -0.342 e. The lowest BCUT2D eigenvalue weighted by atomic mass is 10.1. The molecule has 2 heterocycles. The summed E-state index contributed by atoms with van der Waals surface area (Å²) in [5.41, 5.74) is -3.45. The van der Waals surface area contributed by atoms with Gasteiger partial charge in [0.2, 0.25) is 5.95 Å². The number of imidazole rings is 1. The Kier molecular flexibility index (Phi) is 3.68. The van der Waals surface area contributed by atoms with Crippen LogP contribution in [0.5, 0.6) is 0 Å². The Labute approximate surface area is 127 Å². The molecule has 0 spiro atoms. The molecule has 1 saturated heterocycles. The largest absolute Gasteiger partial charge is 0.418 e. The summed E-state index contributed by atoms with van der Waals surface area (Å²) in [5.74, 6) is 0.185. The van der Waals surface area contributed by atoms with E-state index in [9.17, 15) is 26.3 Å². The summed E-state index contributed by atoms with van der Waals surface area (Å²) in [7, 11) is 0. The van der Waals surface area contributed by atoms with Crippen molar-refractivity contribution in [3.63, 3.8) is 0 Å². The second kappa shape index (κ2) is 5.31. The summed E-state index contributed by atoms with van der Waals surface area (Å²) in [6.45, 7) is 1.24. The minimum atomic E-state index is -4.91. The second-order valence-corrected chi connectivity index (χ2v) is 5.52. The van der Waals surface area contributed by atoms with Crippen molar-refractivity contribution in [1.82, 2.24) is 9.97 Å². The van der Waals surface area contributed by atoms with Crippen LogP contribution in [0.15, 0.2) is 12.1 Å². The van der Waals surface area contributed by atoms with Crippen LogP contribution < -0.4 is 4.90 Å². The van der Waals surface area contributed by atoms with E-state index in [2.05, 4.69) is 9.97 Å². The van der Waals surface area contributed by atoms with Gasteiger partial charge in [-0.1, -0.05) is 0 Å². The normalized spacial score (nSPS) is 17.0. The Balaban J connectivity index is 2.15. The molecule has 0 bridgehead atoms. The molecule has 1 aromatic heterocycles. The van der Waals surface area contributed by atoms with Crippen molar-refractivity contribution in [2.75, 3.05) is 18.0 Å². The molecule has 0 aliphatic carbocycles. The molecule has 1 aliphatic rings. The predicted molar refractivity (Wildman–Crippen MR) is 72.2 cm³/mol. The number of hydrogen-bond acceptors (Lipinski definition) is 2. The van der Waals surface area contributed by atoms with Crippen LogP contribution in [-0.4, -0.2) is 23.1 Å². The molecule has 3 nitrogen and oxygen atoms in total. The van der Waals surface area contributed by atoms with Gasteiger partial charge in [-0.05, 0) is 31.4 Å². The van der Waals surface area contributed by atoms with Gasteiger partial charge in [0, 0.05) is 13.1 Å². The maximum absolute atomic E-state index is 13.1. The number of piperidine rings is 1. The van der Waals surface area contributed by atoms with E-state index in [4.69, 9.17) is 0 Å². The number of hydrogen-bond donors (Lipinski definition) is 1. The van der Waals surface area contributed by atoms with E-state index < -0.39 is 29.0 Å². The van der Waals surface area contributed by atoms with E-state index in [1.807, 2.05) is 0 Å². The zero-order valence-electron chi connectivity index (χ0n) is 11.9. The van der Waals surface area contributed by atoms with Crippen LogP contribution in [0.1, 0.15) is 30.4 Å². The van der Waals surface area contributed by atoms with E-state index in [1.165, 1.54) is 0 Å². The fraction of sp³-hybridized carbons (Fsp3) is 0.500. The lowest BCUT2D eigenvalue weighted by Gasteiger charge is -2.25. The monoisotopic (exact) mass is 337 g/mol. The zero-order valence-corrected chi connectivity index (χ0v) is 11.9. The summed E-state index contributed by atoms with van der Waals surface area (Å²) in [6.07, 6.45) is -7.00. The third kappa shape index (κ3) is 3.09. The molecule has 0 atom stereocenters. The van der Waals surface area contributed by atoms with Crippen molar-refractivity contribution >= 4 is 17.0 Å². The van der Waals surface area contributed by atoms with Gasteiger partial charge in [-0.3, -0.25) is 0 Å². The van der Waals surface area contributed by atoms with Gasteiger partial charge >= 0.3 is 12.4 Å². The van der Waals surface area contributed by atoms with Crippen molar-refractivity contribution in [3.8, 4) is 0 Å². The molecule has 23 heavy (non-hydrogen) atoms. The SMILES string of the molecule is FC(F)(F)c1cc(C(F)(F)F)c2nc(N3CCCCC3)[nH]c2c1. The highest BCUT2D eigenvalue weighted by molar-refractivity contribution is 5.82. The molecule has 1 aromatic carbocycles. The molecule has 0 unspecified atom stereocenters. The molecule has 0 radical (unpaired) electrons. The molecule has 0 amide bonds. The van der Waals surface area contributed by atoms with Gasteiger partial charge in [-0.15, -0.1) is 0 Å². The first kappa shape index (κ1) is 15.9. The van der Waals surface area contributed by atoms with Crippen LogP contribution in [0.25, 0.3) is 11.0 Å². The van der Waals surface area contributed by atoms with Gasteiger partial charge in [0.1, 0.15) is 5.52 Å². The molecule has 9 heteroatoms. The molecule has 1 aliphatic heterocycles. The van der Waals surface area contributed by atoms with Crippen LogP contribution in [0.3, 0.4) is 0 Å². The van der Waals surface area contributed by atoms with Crippen molar-refractivity contribution < 1.29 is 26.3 Å². The smallest absolute Gasteiger partial charge is 0.342 e. The van der Waals surface area contributed by atoms with Gasteiger partial charge in [-0.25, -0.2) is 4.98 Å². The summed E-state index contributed by atoms with van der Waals surface area (Å²) < 4.78 is 77.8. The van der Waals surface area contributed by atoms with Crippen LogP contribution >= 0.6 is 0 Å². The highest BCUT2D eigenvalue weighted by atomic mass is 19.4. The maximum atomic E-state index is 13.1. The molecule has 3 rings (SSSR count). The van der Waals surface area contributed by atoms with Crippen LogP contribution in [-0.2, 0) is 12.4 Å². The minimum absolute atomic E-state index is 0.114. The summed E-state index contributed by atoms with van der Waals surface area (Å²) in [5, 5.41) is 0. The number of aromatic amines is 1. The van der Waals surface area contributed by atoms with Crippen LogP contribution in [0.2, 0.25) is 0 Å². The summed E-state index contributed by atoms with van der Waals surface area (Å²) >= 11 is 0. The Morgan fingerprint density at radius 2 is 1.57 bits per heavy atom. The standard InChI is InChI=1S/C14H13F6N3/c15-13(16,17)8-6-9(14(18,19)20)11-10(7-8)21-12(22-11)23-4-2-1-3-5-23/h6-7H,1-5H2,(H,21,22). The molecule has 0 saturated carbocycles. The number of alkyl halides is 6. The first-order chi connectivity index (χ1) is 10.7. The first-order valence-corrected chi connectivity index (χ1v) is 7.09. The summed E-state index contributed by atoms with van der Waals surface area (Å²) in [4.78, 5) is 8.27. The van der Waals surface area contributed by atoms with E-state index in [0.29, 0.717) is 19.2 Å². The Hall–Kier alpha value is -1.93. The number of nitrogens with zero attached hydrogens (tertiary/aromatic N) is 2. The number of halogens is 6. The fourth-order valence-electron chi connectivity index (χ4n) is 2.74. The van der Waals surface area contributed by atoms with Crippen LogP contribution in [0, 0.1) is 0 Å². The third-order valence-electron chi connectivity index (χ3n) is 3.86. The van der Waals surface area contributed by atoms with Gasteiger partial charge in [0.15, 0.2) is 0 Å². The van der Waals surface area contributed by atoms with Crippen LogP contribution in [0.4, 0.5) is 32.3 Å². The lowest BCUT2D eigenvalue weighted by Crippen LogP contribution is -2.30. The van der Waals surface area contributed by atoms with Crippen molar-refractivity contribution in [1.29, 1.82) is 0 Å². The van der Waals surface area contributed by atoms with E-state index >= 15 is 0 Å². The third-order valence-corrected chi connectivity index (χ3v) is 3.86. The van der Waals surface area contributed by atoms with E-state index in [1.54, 1.807) is 4.90 Å². The molecule has 1 fully saturated rings. The predicted octanol–water partition coefficient (Wildman–Crippen LogP) is 4.59. The van der Waals surface area contributed by atoms with E-state index in [0.717, 1.165) is 19.3 Å². The van der Waals surface area contributed by atoms with Crippen molar-refractivity contribution in [2.24, 2.45) is 0 Å². The number of nitrogens with one attached hydrogen (secondary N) is 1. The number of benzene rings is 1. The molecular formula is C14H13F6N3. The Morgan fingerprint density at radius 3 is 2.13 bits per heavy atom. The number of fused-ring (bicyclic) bond motifs is 1. The maximum Gasteiger partial charge on any atom is 0.418 e. The average molecular weight is 337 g/mol. The van der Waals surface area contributed by atoms with Gasteiger partial charge < -0.3 is 9.88 Å². The highest BCUT2D eigenvalue weighted by Crippen LogP contribution is 2.40. The topological polar surface area (TPSA) is 31.9 Å². The molecule has 2 aromatic rings. The Bertz CT molecular complexity index is 710. The Morgan fingerprint density at radius 1 is 0.913 bits per heavy atom. The van der Waals surface area contributed by atoms with Crippen molar-refractivity contribution in [3.05, 3.63) is 23.3 Å². The quantitative estimate of drug-likeness (QED) is 0.772. The van der Waals surface area contributed by atoms with Crippen molar-refractivity contribution in [2.45, 2.75) is 31.6 Å². The molecule has 126 valence electrons. The van der Waals surface area contributed by atoms with Gasteiger partial charge in [-0.2, -0.15) is 26.3 Å². The molecule has 1 N–H and O–H groups in total. The average Bonchev–Trinajstić information content (AvgIpc) is 2.89.